The van der Waals surface area contributed by atoms with Crippen molar-refractivity contribution in [2.75, 3.05) is 38.0 Å². The highest BCUT2D eigenvalue weighted by molar-refractivity contribution is 5.99. The van der Waals surface area contributed by atoms with E-state index in [1.54, 1.807) is 0 Å². The molecule has 1 aromatic carbocycles. The Kier molecular flexibility index (Phi) is 5.87. The van der Waals surface area contributed by atoms with Gasteiger partial charge >= 0.3 is 0 Å². The zero-order valence-corrected chi connectivity index (χ0v) is 12.3. The number of likely N-dealkylation sites (tertiary alicyclic amines) is 1. The third-order valence-corrected chi connectivity index (χ3v) is 3.70. The molecule has 1 aliphatic rings. The molecule has 1 aromatic rings. The number of carbonyl (C=O) groups excluding carboxylic acids is 1. The van der Waals surface area contributed by atoms with Crippen LogP contribution in [0.1, 0.15) is 36.5 Å². The van der Waals surface area contributed by atoms with Gasteiger partial charge in [-0.25, -0.2) is 0 Å². The first-order valence-electron chi connectivity index (χ1n) is 7.64. The molecule has 0 radical (unpaired) electrons. The summed E-state index contributed by atoms with van der Waals surface area (Å²) in [6.07, 6.45) is 3.92. The van der Waals surface area contributed by atoms with Crippen molar-refractivity contribution < 1.29 is 4.79 Å². The van der Waals surface area contributed by atoms with Gasteiger partial charge in [0.2, 0.25) is 0 Å². The van der Waals surface area contributed by atoms with Gasteiger partial charge in [0.1, 0.15) is 0 Å². The molecule has 1 saturated heterocycles. The Morgan fingerprint density at radius 1 is 1.20 bits per heavy atom. The van der Waals surface area contributed by atoms with Crippen molar-refractivity contribution in [3.05, 3.63) is 29.8 Å². The van der Waals surface area contributed by atoms with Gasteiger partial charge in [-0.05, 0) is 45.0 Å². The summed E-state index contributed by atoms with van der Waals surface area (Å²) >= 11 is 0. The Morgan fingerprint density at radius 3 is 2.70 bits per heavy atom. The lowest BCUT2D eigenvalue weighted by molar-refractivity contribution is 0.0947. The van der Waals surface area contributed by atoms with E-state index in [1.165, 1.54) is 32.4 Å². The van der Waals surface area contributed by atoms with Gasteiger partial charge in [-0.15, -0.1) is 0 Å². The molecule has 4 heteroatoms. The van der Waals surface area contributed by atoms with Crippen LogP contribution in [0, 0.1) is 0 Å². The van der Waals surface area contributed by atoms with Crippen LogP contribution in [0.4, 0.5) is 5.69 Å². The van der Waals surface area contributed by atoms with Crippen molar-refractivity contribution in [1.29, 1.82) is 0 Å². The van der Waals surface area contributed by atoms with Gasteiger partial charge < -0.3 is 15.5 Å². The number of anilines is 1. The molecule has 110 valence electrons. The quantitative estimate of drug-likeness (QED) is 0.837. The largest absolute Gasteiger partial charge is 0.385 e. The van der Waals surface area contributed by atoms with Crippen LogP contribution < -0.4 is 10.6 Å². The summed E-state index contributed by atoms with van der Waals surface area (Å²) in [5, 5.41) is 6.25. The molecule has 1 aliphatic heterocycles. The summed E-state index contributed by atoms with van der Waals surface area (Å²) in [6, 6.07) is 7.67. The highest BCUT2D eigenvalue weighted by Gasteiger charge is 2.12. The second kappa shape index (κ2) is 7.90. The third-order valence-electron chi connectivity index (χ3n) is 3.70. The van der Waals surface area contributed by atoms with Crippen molar-refractivity contribution >= 4 is 11.6 Å². The van der Waals surface area contributed by atoms with E-state index in [4.69, 9.17) is 0 Å². The van der Waals surface area contributed by atoms with Crippen LogP contribution in [0.25, 0.3) is 0 Å². The van der Waals surface area contributed by atoms with E-state index in [-0.39, 0.29) is 5.91 Å². The van der Waals surface area contributed by atoms with Crippen molar-refractivity contribution in [3.63, 3.8) is 0 Å². The lowest BCUT2D eigenvalue weighted by Gasteiger charge is -2.26. The van der Waals surface area contributed by atoms with Crippen molar-refractivity contribution in [1.82, 2.24) is 10.2 Å². The van der Waals surface area contributed by atoms with Crippen LogP contribution in [-0.2, 0) is 0 Å². The van der Waals surface area contributed by atoms with Gasteiger partial charge in [0, 0.05) is 25.3 Å². The Bertz CT molecular complexity index is 427. The molecule has 2 N–H and O–H groups in total. The van der Waals surface area contributed by atoms with E-state index in [2.05, 4.69) is 15.5 Å². The number of para-hydroxylation sites is 1. The summed E-state index contributed by atoms with van der Waals surface area (Å²) in [5.41, 5.74) is 1.64. The summed E-state index contributed by atoms with van der Waals surface area (Å²) < 4.78 is 0. The molecule has 1 fully saturated rings. The number of nitrogens with zero attached hydrogens (tertiary/aromatic N) is 1. The van der Waals surface area contributed by atoms with Gasteiger partial charge in [-0.2, -0.15) is 0 Å². The molecule has 0 bridgehead atoms. The first-order valence-corrected chi connectivity index (χ1v) is 7.64. The standard InChI is InChI=1S/C16H25N3O/c1-2-17-15-9-5-4-8-14(15)16(20)18-10-13-19-11-6-3-7-12-19/h4-5,8-9,17H,2-3,6-7,10-13H2,1H3,(H,18,20). The number of carbonyl (C=O) groups is 1. The number of benzene rings is 1. The van der Waals surface area contributed by atoms with Gasteiger partial charge in [0.25, 0.3) is 5.91 Å². The average molecular weight is 275 g/mol. The Hall–Kier alpha value is -1.55. The second-order valence-corrected chi connectivity index (χ2v) is 5.23. The molecule has 4 nitrogen and oxygen atoms in total. The van der Waals surface area contributed by atoms with Gasteiger partial charge in [-0.3, -0.25) is 4.79 Å². The van der Waals surface area contributed by atoms with Crippen molar-refractivity contribution in [2.45, 2.75) is 26.2 Å². The number of rotatable bonds is 6. The molecule has 1 amide bonds. The second-order valence-electron chi connectivity index (χ2n) is 5.23. The fraction of sp³-hybridized carbons (Fsp3) is 0.562. The minimum atomic E-state index is 0.0126. The number of hydrogen-bond donors (Lipinski definition) is 2. The predicted octanol–water partition coefficient (Wildman–Crippen LogP) is 2.33. The van der Waals surface area contributed by atoms with Crippen molar-refractivity contribution in [3.8, 4) is 0 Å². The van der Waals surface area contributed by atoms with Gasteiger partial charge in [0.15, 0.2) is 0 Å². The van der Waals surface area contributed by atoms with E-state index < -0.39 is 0 Å². The van der Waals surface area contributed by atoms with Crippen LogP contribution in [0.2, 0.25) is 0 Å². The molecular weight excluding hydrogens is 250 g/mol. The Balaban J connectivity index is 1.82. The van der Waals surface area contributed by atoms with Crippen molar-refractivity contribution in [2.24, 2.45) is 0 Å². The number of piperidine rings is 1. The highest BCUT2D eigenvalue weighted by atomic mass is 16.1. The SMILES string of the molecule is CCNc1ccccc1C(=O)NCCN1CCCCC1. The summed E-state index contributed by atoms with van der Waals surface area (Å²) in [6.45, 7) is 6.87. The molecule has 1 heterocycles. The summed E-state index contributed by atoms with van der Waals surface area (Å²) in [4.78, 5) is 14.6. The first kappa shape index (κ1) is 14.9. The van der Waals surface area contributed by atoms with Crippen LogP contribution >= 0.6 is 0 Å². The van der Waals surface area contributed by atoms with E-state index in [9.17, 15) is 4.79 Å². The Labute approximate surface area is 121 Å². The number of amides is 1. The smallest absolute Gasteiger partial charge is 0.253 e. The molecule has 0 saturated carbocycles. The molecule has 0 aliphatic carbocycles. The molecule has 0 atom stereocenters. The van der Waals surface area contributed by atoms with E-state index >= 15 is 0 Å². The minimum Gasteiger partial charge on any atom is -0.385 e. The van der Waals surface area contributed by atoms with Crippen LogP contribution in [0.5, 0.6) is 0 Å². The average Bonchev–Trinajstić information content (AvgIpc) is 2.49. The zero-order chi connectivity index (χ0) is 14.2. The van der Waals surface area contributed by atoms with Crippen LogP contribution in [0.3, 0.4) is 0 Å². The predicted molar refractivity (Wildman–Crippen MR) is 83.2 cm³/mol. The summed E-state index contributed by atoms with van der Waals surface area (Å²) in [5.74, 6) is 0.0126. The monoisotopic (exact) mass is 275 g/mol. The molecule has 0 aromatic heterocycles. The topological polar surface area (TPSA) is 44.4 Å². The highest BCUT2D eigenvalue weighted by Crippen LogP contribution is 2.14. The van der Waals surface area contributed by atoms with Crippen LogP contribution in [-0.4, -0.2) is 43.5 Å². The molecule has 0 spiro atoms. The maximum Gasteiger partial charge on any atom is 0.253 e. The summed E-state index contributed by atoms with van der Waals surface area (Å²) in [7, 11) is 0. The van der Waals surface area contributed by atoms with Gasteiger partial charge in [-0.1, -0.05) is 18.6 Å². The first-order chi connectivity index (χ1) is 9.81. The van der Waals surface area contributed by atoms with E-state index in [0.717, 1.165) is 30.9 Å². The maximum absolute atomic E-state index is 12.2. The fourth-order valence-corrected chi connectivity index (χ4v) is 2.63. The van der Waals surface area contributed by atoms with Crippen LogP contribution in [0.15, 0.2) is 24.3 Å². The Morgan fingerprint density at radius 2 is 1.95 bits per heavy atom. The third kappa shape index (κ3) is 4.23. The van der Waals surface area contributed by atoms with E-state index in [1.807, 2.05) is 31.2 Å². The molecule has 2 rings (SSSR count). The van der Waals surface area contributed by atoms with E-state index in [0.29, 0.717) is 0 Å². The normalized spacial score (nSPS) is 15.8. The van der Waals surface area contributed by atoms with Gasteiger partial charge in [0.05, 0.1) is 5.56 Å². The lowest BCUT2D eigenvalue weighted by Crippen LogP contribution is -2.37. The molecule has 20 heavy (non-hydrogen) atoms. The lowest BCUT2D eigenvalue weighted by atomic mass is 10.1. The minimum absolute atomic E-state index is 0.0126. The fourth-order valence-electron chi connectivity index (χ4n) is 2.63. The number of hydrogen-bond acceptors (Lipinski definition) is 3. The molecule has 0 unspecified atom stereocenters. The maximum atomic E-state index is 12.2. The zero-order valence-electron chi connectivity index (χ0n) is 12.3. The number of nitrogens with one attached hydrogen (secondary N) is 2. The molecular formula is C16H25N3O.